The lowest BCUT2D eigenvalue weighted by atomic mass is 10.1. The quantitative estimate of drug-likeness (QED) is 0.375. The topological polar surface area (TPSA) is 86.8 Å². The fourth-order valence-corrected chi connectivity index (χ4v) is 5.74. The number of likely N-dealkylation sites (N-methyl/N-ethyl adjacent to an activating group) is 1. The van der Waals surface area contributed by atoms with Gasteiger partial charge in [0.05, 0.1) is 10.6 Å². The molecule has 1 atom stereocenters. The highest BCUT2D eigenvalue weighted by Crippen LogP contribution is 2.30. The third-order valence-corrected chi connectivity index (χ3v) is 8.09. The lowest BCUT2D eigenvalue weighted by Gasteiger charge is -2.32. The van der Waals surface area contributed by atoms with Crippen LogP contribution >= 0.6 is 23.2 Å². The van der Waals surface area contributed by atoms with Crippen LogP contribution in [0.4, 0.5) is 5.69 Å². The average molecular weight is 563 g/mol. The number of nitrogens with zero attached hydrogens (tertiary/aromatic N) is 2. The lowest BCUT2D eigenvalue weighted by Crippen LogP contribution is -2.51. The normalized spacial score (nSPS) is 12.0. The summed E-state index contributed by atoms with van der Waals surface area (Å²) < 4.78 is 28.4. The third-order valence-electron chi connectivity index (χ3n) is 5.87. The minimum absolute atomic E-state index is 0.00104. The summed E-state index contributed by atoms with van der Waals surface area (Å²) in [5.74, 6) is -0.898. The summed E-state index contributed by atoms with van der Waals surface area (Å²) in [6, 6.07) is 18.8. The molecule has 3 aromatic rings. The minimum Gasteiger partial charge on any atom is -0.355 e. The van der Waals surface area contributed by atoms with Gasteiger partial charge in [0.1, 0.15) is 12.6 Å². The molecule has 0 aromatic heterocycles. The van der Waals surface area contributed by atoms with E-state index in [1.165, 1.54) is 35.2 Å². The van der Waals surface area contributed by atoms with E-state index in [1.54, 1.807) is 32.0 Å². The van der Waals surface area contributed by atoms with E-state index >= 15 is 0 Å². The van der Waals surface area contributed by atoms with Crippen molar-refractivity contribution < 1.29 is 18.0 Å². The number of carbonyl (C=O) groups excluding carboxylic acids is 2. The summed E-state index contributed by atoms with van der Waals surface area (Å²) in [5, 5.41) is 3.17. The Morgan fingerprint density at radius 1 is 0.946 bits per heavy atom. The number of rotatable bonds is 10. The average Bonchev–Trinajstić information content (AvgIpc) is 2.86. The van der Waals surface area contributed by atoms with E-state index in [1.807, 2.05) is 31.2 Å². The number of halogens is 2. The van der Waals surface area contributed by atoms with Crippen molar-refractivity contribution in [3.8, 4) is 0 Å². The monoisotopic (exact) mass is 561 g/mol. The highest BCUT2D eigenvalue weighted by Gasteiger charge is 2.32. The molecular formula is C27H29Cl2N3O4S. The molecule has 0 saturated carbocycles. The second-order valence-corrected chi connectivity index (χ2v) is 11.2. The number of hydrogen-bond donors (Lipinski definition) is 1. The van der Waals surface area contributed by atoms with Crippen molar-refractivity contribution >= 4 is 50.7 Å². The highest BCUT2D eigenvalue weighted by molar-refractivity contribution is 7.92. The molecule has 3 rings (SSSR count). The predicted molar refractivity (Wildman–Crippen MR) is 147 cm³/mol. The van der Waals surface area contributed by atoms with Gasteiger partial charge in [0.15, 0.2) is 0 Å². The number of sulfonamides is 1. The Morgan fingerprint density at radius 2 is 1.54 bits per heavy atom. The second-order valence-electron chi connectivity index (χ2n) is 8.47. The van der Waals surface area contributed by atoms with Gasteiger partial charge in [-0.15, -0.1) is 0 Å². The fourth-order valence-electron chi connectivity index (χ4n) is 3.81. The number of benzene rings is 3. The molecule has 37 heavy (non-hydrogen) atoms. The van der Waals surface area contributed by atoms with Crippen molar-refractivity contribution in [3.63, 3.8) is 0 Å². The van der Waals surface area contributed by atoms with Crippen molar-refractivity contribution in [2.45, 2.75) is 38.3 Å². The molecule has 10 heteroatoms. The van der Waals surface area contributed by atoms with Gasteiger partial charge in [0.25, 0.3) is 10.0 Å². The summed E-state index contributed by atoms with van der Waals surface area (Å²) in [4.78, 5) is 28.0. The predicted octanol–water partition coefficient (Wildman–Crippen LogP) is 5.05. The molecule has 0 bridgehead atoms. The molecule has 0 unspecified atom stereocenters. The van der Waals surface area contributed by atoms with Crippen LogP contribution in [0.2, 0.25) is 10.0 Å². The van der Waals surface area contributed by atoms with Gasteiger partial charge >= 0.3 is 0 Å². The molecule has 0 heterocycles. The molecule has 1 N–H and O–H groups in total. The molecular weight excluding hydrogens is 533 g/mol. The van der Waals surface area contributed by atoms with E-state index in [0.717, 1.165) is 15.4 Å². The van der Waals surface area contributed by atoms with Crippen LogP contribution in [0.25, 0.3) is 0 Å². The third kappa shape index (κ3) is 7.03. The number of anilines is 1. The van der Waals surface area contributed by atoms with E-state index in [9.17, 15) is 18.0 Å². The number of amides is 2. The standard InChI is InChI=1S/C27H29Cl2N3O4S/c1-4-30-27(34)20(3)31(17-21-11-9-8-10-19(21)2)26(33)18-32(24-15-22(28)14-23(29)16-24)37(35,36)25-12-6-5-7-13-25/h5-16,20H,4,17-18H2,1-3H3,(H,30,34)/t20-/m1/s1. The molecule has 0 saturated heterocycles. The second kappa shape index (κ2) is 12.4. The van der Waals surface area contributed by atoms with Crippen molar-refractivity contribution in [1.82, 2.24) is 10.2 Å². The first kappa shape index (κ1) is 28.5. The SMILES string of the molecule is CCNC(=O)[C@@H](C)N(Cc1ccccc1C)C(=O)CN(c1cc(Cl)cc(Cl)c1)S(=O)(=O)c1ccccc1. The maximum atomic E-state index is 13.8. The summed E-state index contributed by atoms with van der Waals surface area (Å²) in [6.45, 7) is 5.27. The van der Waals surface area contributed by atoms with Crippen LogP contribution in [-0.4, -0.2) is 44.3 Å². The number of aryl methyl sites for hydroxylation is 1. The van der Waals surface area contributed by atoms with Crippen LogP contribution in [0.1, 0.15) is 25.0 Å². The van der Waals surface area contributed by atoms with E-state index in [-0.39, 0.29) is 33.1 Å². The van der Waals surface area contributed by atoms with Crippen molar-refractivity contribution in [2.24, 2.45) is 0 Å². The molecule has 196 valence electrons. The van der Waals surface area contributed by atoms with Crippen LogP contribution in [0.5, 0.6) is 0 Å². The lowest BCUT2D eigenvalue weighted by molar-refractivity contribution is -0.139. The Kier molecular flexibility index (Phi) is 9.59. The molecule has 0 spiro atoms. The Hall–Kier alpha value is -3.07. The van der Waals surface area contributed by atoms with Crippen molar-refractivity contribution in [3.05, 3.63) is 94.0 Å². The van der Waals surface area contributed by atoms with Crippen molar-refractivity contribution in [2.75, 3.05) is 17.4 Å². The molecule has 2 amide bonds. The Balaban J connectivity index is 2.06. The van der Waals surface area contributed by atoms with Crippen LogP contribution in [0, 0.1) is 6.92 Å². The Morgan fingerprint density at radius 3 is 2.14 bits per heavy atom. The van der Waals surface area contributed by atoms with Crippen LogP contribution in [0.15, 0.2) is 77.7 Å². The van der Waals surface area contributed by atoms with Crippen LogP contribution in [-0.2, 0) is 26.2 Å². The van der Waals surface area contributed by atoms with Gasteiger partial charge in [-0.3, -0.25) is 13.9 Å². The molecule has 7 nitrogen and oxygen atoms in total. The Bertz CT molecular complexity index is 1350. The zero-order valence-electron chi connectivity index (χ0n) is 20.8. The summed E-state index contributed by atoms with van der Waals surface area (Å²) in [6.07, 6.45) is 0. The maximum Gasteiger partial charge on any atom is 0.264 e. The molecule has 0 radical (unpaired) electrons. The van der Waals surface area contributed by atoms with Gasteiger partial charge in [-0.2, -0.15) is 0 Å². The van der Waals surface area contributed by atoms with Gasteiger partial charge in [0, 0.05) is 23.1 Å². The van der Waals surface area contributed by atoms with E-state index in [2.05, 4.69) is 5.32 Å². The smallest absolute Gasteiger partial charge is 0.264 e. The maximum absolute atomic E-state index is 13.8. The summed E-state index contributed by atoms with van der Waals surface area (Å²) >= 11 is 12.4. The van der Waals surface area contributed by atoms with Gasteiger partial charge in [-0.25, -0.2) is 8.42 Å². The fraction of sp³-hybridized carbons (Fsp3) is 0.259. The molecule has 0 aliphatic rings. The van der Waals surface area contributed by atoms with E-state index in [0.29, 0.717) is 6.54 Å². The van der Waals surface area contributed by atoms with E-state index in [4.69, 9.17) is 23.2 Å². The zero-order chi connectivity index (χ0) is 27.2. The summed E-state index contributed by atoms with van der Waals surface area (Å²) in [5.41, 5.74) is 1.92. The number of nitrogens with one attached hydrogen (secondary N) is 1. The highest BCUT2D eigenvalue weighted by atomic mass is 35.5. The van der Waals surface area contributed by atoms with Crippen LogP contribution in [0.3, 0.4) is 0 Å². The number of carbonyl (C=O) groups is 2. The van der Waals surface area contributed by atoms with Crippen LogP contribution < -0.4 is 9.62 Å². The molecule has 0 aliphatic heterocycles. The van der Waals surface area contributed by atoms with E-state index < -0.39 is 28.5 Å². The van der Waals surface area contributed by atoms with Gasteiger partial charge < -0.3 is 10.2 Å². The molecule has 0 fully saturated rings. The first-order valence-corrected chi connectivity index (χ1v) is 13.9. The zero-order valence-corrected chi connectivity index (χ0v) is 23.1. The minimum atomic E-state index is -4.19. The molecule has 0 aliphatic carbocycles. The largest absolute Gasteiger partial charge is 0.355 e. The van der Waals surface area contributed by atoms with Crippen molar-refractivity contribution in [1.29, 1.82) is 0 Å². The summed E-state index contributed by atoms with van der Waals surface area (Å²) in [7, 11) is -4.19. The number of hydrogen-bond acceptors (Lipinski definition) is 4. The van der Waals surface area contributed by atoms with Gasteiger partial charge in [-0.05, 0) is 62.2 Å². The van der Waals surface area contributed by atoms with Gasteiger partial charge in [-0.1, -0.05) is 65.7 Å². The van der Waals surface area contributed by atoms with Gasteiger partial charge in [0.2, 0.25) is 11.8 Å². The first-order valence-electron chi connectivity index (χ1n) is 11.7. The first-order chi connectivity index (χ1) is 17.5. The molecule has 3 aromatic carbocycles. The Labute approximate surface area is 228 Å².